The Bertz CT molecular complexity index is 2290. The Kier molecular flexibility index (Phi) is 10.3. The van der Waals surface area contributed by atoms with Crippen LogP contribution in [0.2, 0.25) is 0 Å². The molecule has 7 rings (SSSR count). The van der Waals surface area contributed by atoms with Crippen molar-refractivity contribution in [2.45, 2.75) is 30.5 Å². The number of hydrogen-bond acceptors (Lipinski definition) is 11. The maximum absolute atomic E-state index is 14.0. The fourth-order valence-electron chi connectivity index (χ4n) is 6.27. The summed E-state index contributed by atoms with van der Waals surface area (Å²) in [5, 5.41) is 2.78. The largest absolute Gasteiger partial charge is 0.459 e. The molecule has 0 saturated carbocycles. The van der Waals surface area contributed by atoms with Crippen molar-refractivity contribution in [3.05, 3.63) is 169 Å². The summed E-state index contributed by atoms with van der Waals surface area (Å²) >= 11 is 0. The van der Waals surface area contributed by atoms with Gasteiger partial charge in [0.15, 0.2) is 34.9 Å². The minimum Gasteiger partial charge on any atom is -0.459 e. The monoisotopic (exact) mass is 723 g/mol. The second kappa shape index (κ2) is 15.7. The number of aromatic nitrogens is 4. The third-order valence-corrected chi connectivity index (χ3v) is 8.81. The Hall–Kier alpha value is -6.99. The molecule has 4 aromatic carbocycles. The molecule has 1 unspecified atom stereocenters. The van der Waals surface area contributed by atoms with Crippen LogP contribution < -0.4 is 5.32 Å². The molecule has 4 atom stereocenters. The summed E-state index contributed by atoms with van der Waals surface area (Å²) in [5.74, 6) is -2.44. The van der Waals surface area contributed by atoms with Crippen LogP contribution in [0, 0.1) is 0 Å². The zero-order chi connectivity index (χ0) is 37.5. The maximum atomic E-state index is 14.0. The van der Waals surface area contributed by atoms with E-state index >= 15 is 0 Å². The van der Waals surface area contributed by atoms with Crippen molar-refractivity contribution < 1.29 is 38.1 Å². The highest BCUT2D eigenvalue weighted by molar-refractivity contribution is 6.06. The third kappa shape index (κ3) is 7.20. The molecule has 0 bridgehead atoms. The lowest BCUT2D eigenvalue weighted by atomic mass is 9.89. The van der Waals surface area contributed by atoms with Crippen LogP contribution in [0.15, 0.2) is 147 Å². The van der Waals surface area contributed by atoms with Gasteiger partial charge in [-0.15, -0.1) is 6.58 Å². The minimum atomic E-state index is -1.84. The maximum Gasteiger partial charge on any atom is 0.338 e. The molecular weight excluding hydrogens is 690 g/mol. The van der Waals surface area contributed by atoms with Crippen LogP contribution in [-0.2, 0) is 18.9 Å². The number of rotatable bonds is 12. The molecule has 13 nitrogen and oxygen atoms in total. The van der Waals surface area contributed by atoms with Crippen molar-refractivity contribution in [1.29, 1.82) is 0 Å². The first-order valence-electron chi connectivity index (χ1n) is 16.9. The molecule has 54 heavy (non-hydrogen) atoms. The molecule has 1 N–H and O–H groups in total. The van der Waals surface area contributed by atoms with Gasteiger partial charge in [0.05, 0.1) is 23.0 Å². The Morgan fingerprint density at radius 1 is 0.741 bits per heavy atom. The second-order valence-electron chi connectivity index (χ2n) is 12.3. The summed E-state index contributed by atoms with van der Waals surface area (Å²) < 4.78 is 26.5. The fourth-order valence-corrected chi connectivity index (χ4v) is 6.27. The number of fused-ring (bicyclic) bond motifs is 1. The van der Waals surface area contributed by atoms with E-state index in [1.165, 1.54) is 23.3 Å². The Morgan fingerprint density at radius 3 is 1.89 bits per heavy atom. The van der Waals surface area contributed by atoms with E-state index in [0.717, 1.165) is 0 Å². The van der Waals surface area contributed by atoms with Crippen molar-refractivity contribution in [2.24, 2.45) is 0 Å². The van der Waals surface area contributed by atoms with E-state index in [2.05, 4.69) is 26.8 Å². The van der Waals surface area contributed by atoms with Gasteiger partial charge < -0.3 is 24.3 Å². The van der Waals surface area contributed by atoms with Gasteiger partial charge in [-0.25, -0.2) is 29.3 Å². The second-order valence-corrected chi connectivity index (χ2v) is 12.3. The lowest BCUT2D eigenvalue weighted by Crippen LogP contribution is -2.52. The molecule has 0 aliphatic carbocycles. The molecule has 6 aromatic rings. The van der Waals surface area contributed by atoms with Crippen LogP contribution in [0.5, 0.6) is 0 Å². The van der Waals surface area contributed by atoms with E-state index in [4.69, 9.17) is 18.9 Å². The van der Waals surface area contributed by atoms with Crippen LogP contribution in [0.3, 0.4) is 0 Å². The van der Waals surface area contributed by atoms with Crippen molar-refractivity contribution in [3.8, 4) is 0 Å². The number of nitrogens with zero attached hydrogens (tertiary/aromatic N) is 4. The molecule has 0 spiro atoms. The van der Waals surface area contributed by atoms with E-state index in [-0.39, 0.29) is 34.5 Å². The van der Waals surface area contributed by atoms with Gasteiger partial charge in [-0.2, -0.15) is 0 Å². The van der Waals surface area contributed by atoms with Crippen LogP contribution in [-0.4, -0.2) is 67.7 Å². The Labute approximate surface area is 309 Å². The molecule has 0 radical (unpaired) electrons. The smallest absolute Gasteiger partial charge is 0.338 e. The van der Waals surface area contributed by atoms with Gasteiger partial charge in [-0.1, -0.05) is 78.9 Å². The van der Waals surface area contributed by atoms with Gasteiger partial charge in [0.1, 0.15) is 19.0 Å². The number of amides is 1. The predicted molar refractivity (Wildman–Crippen MR) is 195 cm³/mol. The van der Waals surface area contributed by atoms with Crippen molar-refractivity contribution in [1.82, 2.24) is 19.5 Å². The molecular formula is C41H33N5O8. The van der Waals surface area contributed by atoms with Crippen LogP contribution in [0.1, 0.15) is 54.1 Å². The highest BCUT2D eigenvalue weighted by Crippen LogP contribution is 2.47. The van der Waals surface area contributed by atoms with Gasteiger partial charge in [0.25, 0.3) is 5.91 Å². The molecule has 3 heterocycles. The normalized spacial score (nSPS) is 19.1. The molecule has 1 saturated heterocycles. The van der Waals surface area contributed by atoms with Gasteiger partial charge in [0, 0.05) is 12.0 Å². The van der Waals surface area contributed by atoms with Crippen molar-refractivity contribution in [3.63, 3.8) is 0 Å². The van der Waals surface area contributed by atoms with Gasteiger partial charge >= 0.3 is 17.9 Å². The van der Waals surface area contributed by atoms with E-state index in [0.29, 0.717) is 11.1 Å². The summed E-state index contributed by atoms with van der Waals surface area (Å²) in [7, 11) is 0. The van der Waals surface area contributed by atoms with E-state index < -0.39 is 54.5 Å². The van der Waals surface area contributed by atoms with E-state index in [1.807, 2.05) is 0 Å². The van der Waals surface area contributed by atoms with Crippen molar-refractivity contribution in [2.75, 3.05) is 11.9 Å². The standard InChI is InChI=1S/C41H33N5O8/c1-2-23-41(54-39(50)30-21-13-6-14-22-30)33(53-38(49)29-19-11-5-12-20-29)31(24-51-37(48)28-17-9-4-10-18-28)52-40(41)46-26-44-32-34(42-25-43-35(32)46)45-36(47)27-15-7-3-8-16-27/h2-22,25-26,31,33,40H,1,23-24H2,(H,42,43,45,47)/t31-,33-,40?,41-/m1/s1. The number of anilines is 1. The minimum absolute atomic E-state index is 0.103. The number of esters is 3. The van der Waals surface area contributed by atoms with Gasteiger partial charge in [-0.05, 0) is 48.5 Å². The number of carbonyl (C=O) groups excluding carboxylic acids is 4. The van der Waals surface area contributed by atoms with E-state index in [1.54, 1.807) is 121 Å². The summed E-state index contributed by atoms with van der Waals surface area (Å²) in [6.07, 6.45) is 0.189. The van der Waals surface area contributed by atoms with Crippen LogP contribution >= 0.6 is 0 Å². The number of benzene rings is 4. The number of imidazole rings is 1. The third-order valence-electron chi connectivity index (χ3n) is 8.81. The molecule has 1 amide bonds. The number of ether oxygens (including phenoxy) is 4. The Morgan fingerprint density at radius 2 is 1.30 bits per heavy atom. The molecule has 1 aliphatic rings. The van der Waals surface area contributed by atoms with Gasteiger partial charge in [-0.3, -0.25) is 9.36 Å². The quantitative estimate of drug-likeness (QED) is 0.0866. The number of carbonyl (C=O) groups is 4. The molecule has 1 aliphatic heterocycles. The number of nitrogens with one attached hydrogen (secondary N) is 1. The molecule has 2 aromatic heterocycles. The molecule has 13 heteroatoms. The predicted octanol–water partition coefficient (Wildman–Crippen LogP) is 6.23. The number of hydrogen-bond donors (Lipinski definition) is 1. The zero-order valence-electron chi connectivity index (χ0n) is 28.7. The first-order valence-corrected chi connectivity index (χ1v) is 16.9. The lowest BCUT2D eigenvalue weighted by Gasteiger charge is -2.37. The SMILES string of the molecule is C=CC[C@]1(OC(=O)c2ccccc2)C(n2cnc3c(NC(=O)c4ccccc4)ncnc32)O[C@H](COC(=O)c2ccccc2)[C@H]1OC(=O)c1ccccc1. The van der Waals surface area contributed by atoms with Crippen molar-refractivity contribution >= 4 is 40.8 Å². The zero-order valence-corrected chi connectivity index (χ0v) is 28.7. The average molecular weight is 724 g/mol. The fraction of sp³-hybridized carbons (Fsp3) is 0.146. The Balaban J connectivity index is 1.33. The van der Waals surface area contributed by atoms with E-state index in [9.17, 15) is 19.2 Å². The molecule has 1 fully saturated rings. The first kappa shape index (κ1) is 35.4. The van der Waals surface area contributed by atoms with Crippen LogP contribution in [0.4, 0.5) is 5.82 Å². The lowest BCUT2D eigenvalue weighted by molar-refractivity contribution is -0.117. The highest BCUT2D eigenvalue weighted by atomic mass is 16.7. The van der Waals surface area contributed by atoms with Gasteiger partial charge in [0.2, 0.25) is 0 Å². The molecule has 270 valence electrons. The summed E-state index contributed by atoms with van der Waals surface area (Å²) in [4.78, 5) is 67.3. The highest BCUT2D eigenvalue weighted by Gasteiger charge is 2.63. The topological polar surface area (TPSA) is 161 Å². The van der Waals surface area contributed by atoms with Crippen LogP contribution in [0.25, 0.3) is 11.2 Å². The summed E-state index contributed by atoms with van der Waals surface area (Å²) in [6, 6.07) is 33.5. The summed E-state index contributed by atoms with van der Waals surface area (Å²) in [6.45, 7) is 3.54. The average Bonchev–Trinajstić information content (AvgIpc) is 3.77. The summed E-state index contributed by atoms with van der Waals surface area (Å²) in [5.41, 5.74) is -0.314. The first-order chi connectivity index (χ1) is 26.4.